The highest BCUT2D eigenvalue weighted by Crippen LogP contribution is 2.20. The fourth-order valence-corrected chi connectivity index (χ4v) is 2.67. The van der Waals surface area contributed by atoms with Crippen molar-refractivity contribution in [3.05, 3.63) is 35.4 Å². The summed E-state index contributed by atoms with van der Waals surface area (Å²) in [5.41, 5.74) is 2.01. The van der Waals surface area contributed by atoms with Crippen LogP contribution in [0.25, 0.3) is 0 Å². The lowest BCUT2D eigenvalue weighted by atomic mass is 10.00. The molecule has 4 nitrogen and oxygen atoms in total. The summed E-state index contributed by atoms with van der Waals surface area (Å²) in [5.74, 6) is 0.0484. The molecule has 0 aromatic heterocycles. The first kappa shape index (κ1) is 16.0. The summed E-state index contributed by atoms with van der Waals surface area (Å²) in [6.07, 6.45) is 1.18. The number of carbonyl (C=O) groups excluding carboxylic acids is 1. The van der Waals surface area contributed by atoms with Crippen molar-refractivity contribution in [2.45, 2.75) is 32.8 Å². The van der Waals surface area contributed by atoms with Crippen molar-refractivity contribution in [1.29, 1.82) is 0 Å². The summed E-state index contributed by atoms with van der Waals surface area (Å²) in [4.78, 5) is 14.2. The minimum atomic E-state index is -0.640. The van der Waals surface area contributed by atoms with Crippen LogP contribution in [0.15, 0.2) is 24.3 Å². The highest BCUT2D eigenvalue weighted by atomic mass is 16.5. The number of hydrogen-bond donors (Lipinski definition) is 1. The average Bonchev–Trinajstić information content (AvgIpc) is 2.53. The zero-order chi connectivity index (χ0) is 15.2. The maximum absolute atomic E-state index is 12.5. The van der Waals surface area contributed by atoms with E-state index in [4.69, 9.17) is 4.74 Å². The Bertz CT molecular complexity index is 452. The van der Waals surface area contributed by atoms with Crippen LogP contribution in [0.1, 0.15) is 37.0 Å². The molecule has 1 aromatic rings. The van der Waals surface area contributed by atoms with Crippen LogP contribution in [0.5, 0.6) is 0 Å². The molecule has 2 atom stereocenters. The largest absolute Gasteiger partial charge is 0.387 e. The Kier molecular flexibility index (Phi) is 5.76. The van der Waals surface area contributed by atoms with Gasteiger partial charge in [0, 0.05) is 13.2 Å². The fourth-order valence-electron chi connectivity index (χ4n) is 2.67. The second kappa shape index (κ2) is 7.57. The van der Waals surface area contributed by atoms with E-state index >= 15 is 0 Å². The number of aryl methyl sites for hydroxylation is 1. The third-order valence-electron chi connectivity index (χ3n) is 4.06. The molecule has 0 radical (unpaired) electrons. The van der Waals surface area contributed by atoms with Gasteiger partial charge in [-0.25, -0.2) is 0 Å². The summed E-state index contributed by atoms with van der Waals surface area (Å²) in [7, 11) is 0. The number of ether oxygens (including phenoxy) is 1. The number of aliphatic hydroxyl groups excluding tert-OH is 1. The van der Waals surface area contributed by atoms with Crippen LogP contribution < -0.4 is 0 Å². The number of amides is 1. The minimum absolute atomic E-state index is 0.0519. The van der Waals surface area contributed by atoms with E-state index in [1.807, 2.05) is 38.1 Å². The highest BCUT2D eigenvalue weighted by molar-refractivity contribution is 5.79. The number of nitrogens with zero attached hydrogens (tertiary/aromatic N) is 1. The fraction of sp³-hybridized carbons (Fsp3) is 0.588. The Morgan fingerprint density at radius 3 is 2.71 bits per heavy atom. The number of hydrogen-bond acceptors (Lipinski definition) is 3. The van der Waals surface area contributed by atoms with Gasteiger partial charge >= 0.3 is 0 Å². The number of rotatable bonds is 5. The molecule has 4 heteroatoms. The van der Waals surface area contributed by atoms with Gasteiger partial charge in [-0.15, -0.1) is 0 Å². The van der Waals surface area contributed by atoms with Crippen molar-refractivity contribution < 1.29 is 14.6 Å². The van der Waals surface area contributed by atoms with E-state index < -0.39 is 6.10 Å². The average molecular weight is 291 g/mol. The number of aliphatic hydroxyl groups is 1. The normalized spacial score (nSPS) is 20.0. The van der Waals surface area contributed by atoms with Gasteiger partial charge in [0.15, 0.2) is 0 Å². The molecule has 0 spiro atoms. The molecule has 1 heterocycles. The predicted molar refractivity (Wildman–Crippen MR) is 81.9 cm³/mol. The van der Waals surface area contributed by atoms with E-state index in [0.29, 0.717) is 19.7 Å². The lowest BCUT2D eigenvalue weighted by Gasteiger charge is -2.30. The van der Waals surface area contributed by atoms with E-state index in [-0.39, 0.29) is 11.8 Å². The van der Waals surface area contributed by atoms with Crippen LogP contribution in [0.2, 0.25) is 0 Å². The zero-order valence-corrected chi connectivity index (χ0v) is 12.9. The van der Waals surface area contributed by atoms with Gasteiger partial charge in [-0.3, -0.25) is 4.79 Å². The molecule has 0 saturated carbocycles. The lowest BCUT2D eigenvalue weighted by molar-refractivity contribution is -0.141. The Balaban J connectivity index is 1.97. The Hall–Kier alpha value is -1.39. The Labute approximate surface area is 126 Å². The number of likely N-dealkylation sites (N-methyl/N-ethyl adjacent to an activating group) is 1. The smallest absolute Gasteiger partial charge is 0.228 e. The van der Waals surface area contributed by atoms with Crippen molar-refractivity contribution in [2.75, 3.05) is 26.3 Å². The van der Waals surface area contributed by atoms with Crippen LogP contribution in [-0.4, -0.2) is 42.2 Å². The van der Waals surface area contributed by atoms with Crippen molar-refractivity contribution in [3.63, 3.8) is 0 Å². The standard InChI is InChI=1S/C17H25NO3/c1-3-18(17(20)15-5-4-10-21-12-15)11-16(19)14-8-6-13(2)7-9-14/h6-9,15-16,19H,3-5,10-12H2,1-2H3/t15-,16-/m1/s1. The molecule has 2 rings (SSSR count). The zero-order valence-electron chi connectivity index (χ0n) is 12.9. The summed E-state index contributed by atoms with van der Waals surface area (Å²) in [6, 6.07) is 7.79. The quantitative estimate of drug-likeness (QED) is 0.905. The first-order chi connectivity index (χ1) is 10.1. The van der Waals surface area contributed by atoms with Crippen molar-refractivity contribution in [3.8, 4) is 0 Å². The molecule has 21 heavy (non-hydrogen) atoms. The maximum Gasteiger partial charge on any atom is 0.228 e. The summed E-state index contributed by atoms with van der Waals surface area (Å²) >= 11 is 0. The van der Waals surface area contributed by atoms with Crippen molar-refractivity contribution in [2.24, 2.45) is 5.92 Å². The highest BCUT2D eigenvalue weighted by Gasteiger charge is 2.27. The van der Waals surface area contributed by atoms with Crippen molar-refractivity contribution >= 4 is 5.91 Å². The SMILES string of the molecule is CCN(C[C@@H](O)c1ccc(C)cc1)C(=O)[C@@H]1CCCOC1. The van der Waals surface area contributed by atoms with Gasteiger partial charge in [-0.2, -0.15) is 0 Å². The molecule has 1 fully saturated rings. The van der Waals surface area contributed by atoms with Gasteiger partial charge in [0.1, 0.15) is 0 Å². The molecule has 0 unspecified atom stereocenters. The molecule has 116 valence electrons. The van der Waals surface area contributed by atoms with Gasteiger partial charge in [-0.1, -0.05) is 29.8 Å². The van der Waals surface area contributed by atoms with Crippen LogP contribution >= 0.6 is 0 Å². The topological polar surface area (TPSA) is 49.8 Å². The second-order valence-electron chi connectivity index (χ2n) is 5.72. The van der Waals surface area contributed by atoms with E-state index in [9.17, 15) is 9.90 Å². The van der Waals surface area contributed by atoms with Crippen LogP contribution in [0.4, 0.5) is 0 Å². The summed E-state index contributed by atoms with van der Waals surface area (Å²) in [5, 5.41) is 10.3. The molecular weight excluding hydrogens is 266 g/mol. The lowest BCUT2D eigenvalue weighted by Crippen LogP contribution is -2.41. The second-order valence-corrected chi connectivity index (χ2v) is 5.72. The number of carbonyl (C=O) groups is 1. The van der Waals surface area contributed by atoms with Gasteiger partial charge in [-0.05, 0) is 32.3 Å². The predicted octanol–water partition coefficient (Wildman–Crippen LogP) is 2.30. The molecule has 0 bridgehead atoms. The molecular formula is C17H25NO3. The van der Waals surface area contributed by atoms with Crippen molar-refractivity contribution in [1.82, 2.24) is 4.90 Å². The van der Waals surface area contributed by atoms with E-state index in [1.54, 1.807) is 4.90 Å². The summed E-state index contributed by atoms with van der Waals surface area (Å²) < 4.78 is 5.39. The molecule has 1 aliphatic heterocycles. The third kappa shape index (κ3) is 4.29. The molecule has 0 aliphatic carbocycles. The maximum atomic E-state index is 12.5. The van der Waals surface area contributed by atoms with E-state index in [0.717, 1.165) is 30.6 Å². The summed E-state index contributed by atoms with van der Waals surface area (Å²) in [6.45, 7) is 6.18. The first-order valence-corrected chi connectivity index (χ1v) is 7.73. The minimum Gasteiger partial charge on any atom is -0.387 e. The van der Waals surface area contributed by atoms with E-state index in [1.165, 1.54) is 0 Å². The van der Waals surface area contributed by atoms with Gasteiger partial charge < -0.3 is 14.7 Å². The molecule has 1 aromatic carbocycles. The molecule has 1 aliphatic rings. The van der Waals surface area contributed by atoms with Crippen LogP contribution in [0.3, 0.4) is 0 Å². The Morgan fingerprint density at radius 1 is 1.43 bits per heavy atom. The van der Waals surface area contributed by atoms with Gasteiger partial charge in [0.2, 0.25) is 5.91 Å². The molecule has 1 amide bonds. The Morgan fingerprint density at radius 2 is 2.14 bits per heavy atom. The van der Waals surface area contributed by atoms with Crippen LogP contribution in [-0.2, 0) is 9.53 Å². The first-order valence-electron chi connectivity index (χ1n) is 7.73. The molecule has 1 N–H and O–H groups in total. The van der Waals surface area contributed by atoms with Gasteiger partial charge in [0.05, 0.1) is 25.2 Å². The van der Waals surface area contributed by atoms with Crippen LogP contribution in [0, 0.1) is 12.8 Å². The monoisotopic (exact) mass is 291 g/mol. The van der Waals surface area contributed by atoms with E-state index in [2.05, 4.69) is 0 Å². The van der Waals surface area contributed by atoms with Gasteiger partial charge in [0.25, 0.3) is 0 Å². The molecule has 1 saturated heterocycles. The number of benzene rings is 1. The third-order valence-corrected chi connectivity index (χ3v) is 4.06.